The summed E-state index contributed by atoms with van der Waals surface area (Å²) in [5, 5.41) is 9.52. The maximum atomic E-state index is 9.52. The molecule has 0 aliphatic heterocycles. The van der Waals surface area contributed by atoms with Crippen LogP contribution in [-0.2, 0) is 0 Å². The molecule has 5 N–H and O–H groups in total. The van der Waals surface area contributed by atoms with Gasteiger partial charge in [0.25, 0.3) is 0 Å². The third-order valence-electron chi connectivity index (χ3n) is 2.83. The Hall–Kier alpha value is -2.00. The molecule has 1 unspecified atom stereocenters. The Kier molecular flexibility index (Phi) is 3.30. The first kappa shape index (κ1) is 11.5. The molecule has 0 saturated heterocycles. The molecular formula is C14H16N2O. The first-order chi connectivity index (χ1) is 8.20. The van der Waals surface area contributed by atoms with Crippen LogP contribution in [-0.4, -0.2) is 11.7 Å². The zero-order valence-electron chi connectivity index (χ0n) is 9.51. The van der Waals surface area contributed by atoms with Gasteiger partial charge in [-0.2, -0.15) is 0 Å². The number of anilines is 2. The van der Waals surface area contributed by atoms with Gasteiger partial charge in [0.05, 0.1) is 6.61 Å². The van der Waals surface area contributed by atoms with Crippen LogP contribution in [0.3, 0.4) is 0 Å². The molecule has 88 valence electrons. The third kappa shape index (κ3) is 2.57. The minimum absolute atomic E-state index is 0.0490. The second-order valence-electron chi connectivity index (χ2n) is 4.07. The van der Waals surface area contributed by atoms with Crippen LogP contribution < -0.4 is 11.5 Å². The second kappa shape index (κ2) is 4.89. The maximum Gasteiger partial charge on any atom is 0.0540 e. The van der Waals surface area contributed by atoms with Gasteiger partial charge < -0.3 is 16.6 Å². The highest BCUT2D eigenvalue weighted by molar-refractivity contribution is 5.46. The molecule has 2 rings (SSSR count). The normalized spacial score (nSPS) is 12.3. The van der Waals surface area contributed by atoms with Crippen LogP contribution in [0.25, 0.3) is 0 Å². The average Bonchev–Trinajstić information content (AvgIpc) is 2.33. The fraction of sp³-hybridized carbons (Fsp3) is 0.143. The Morgan fingerprint density at radius 3 is 2.18 bits per heavy atom. The molecule has 0 heterocycles. The van der Waals surface area contributed by atoms with Crippen molar-refractivity contribution in [3.05, 3.63) is 59.7 Å². The molecule has 0 spiro atoms. The molecule has 0 aromatic heterocycles. The van der Waals surface area contributed by atoms with E-state index >= 15 is 0 Å². The van der Waals surface area contributed by atoms with Crippen molar-refractivity contribution in [2.75, 3.05) is 18.1 Å². The largest absolute Gasteiger partial charge is 0.399 e. The molecule has 3 heteroatoms. The number of rotatable bonds is 3. The zero-order valence-corrected chi connectivity index (χ0v) is 9.51. The molecule has 0 saturated carbocycles. The van der Waals surface area contributed by atoms with Crippen LogP contribution in [0.2, 0.25) is 0 Å². The summed E-state index contributed by atoms with van der Waals surface area (Å²) in [5.41, 5.74) is 14.9. The summed E-state index contributed by atoms with van der Waals surface area (Å²) in [6.07, 6.45) is 0. The Bertz CT molecular complexity index is 494. The minimum atomic E-state index is -0.0564. The fourth-order valence-corrected chi connectivity index (χ4v) is 1.91. The van der Waals surface area contributed by atoms with Crippen molar-refractivity contribution in [3.63, 3.8) is 0 Å². The SMILES string of the molecule is Nc1ccc(C(CO)c2cccc(N)c2)cc1. The van der Waals surface area contributed by atoms with Gasteiger partial charge in [-0.25, -0.2) is 0 Å². The van der Waals surface area contributed by atoms with Crippen molar-refractivity contribution in [1.29, 1.82) is 0 Å². The molecule has 0 fully saturated rings. The molecule has 3 nitrogen and oxygen atoms in total. The summed E-state index contributed by atoms with van der Waals surface area (Å²) in [6, 6.07) is 15.1. The number of nitrogens with two attached hydrogens (primary N) is 2. The standard InChI is InChI=1S/C14H16N2O/c15-12-6-4-10(5-7-12)14(9-17)11-2-1-3-13(16)8-11/h1-8,14,17H,9,15-16H2. The van der Waals surface area contributed by atoms with E-state index in [1.165, 1.54) is 0 Å². The van der Waals surface area contributed by atoms with Gasteiger partial charge in [-0.1, -0.05) is 24.3 Å². The predicted octanol–water partition coefficient (Wildman–Crippen LogP) is 1.98. The lowest BCUT2D eigenvalue weighted by Crippen LogP contribution is -2.06. The summed E-state index contributed by atoms with van der Waals surface area (Å²) in [6.45, 7) is 0.0490. The van der Waals surface area contributed by atoms with Crippen molar-refractivity contribution in [3.8, 4) is 0 Å². The van der Waals surface area contributed by atoms with E-state index in [2.05, 4.69) is 0 Å². The Morgan fingerprint density at radius 2 is 1.59 bits per heavy atom. The van der Waals surface area contributed by atoms with Gasteiger partial charge >= 0.3 is 0 Å². The number of nitrogen functional groups attached to an aromatic ring is 2. The van der Waals surface area contributed by atoms with Gasteiger partial charge in [0.15, 0.2) is 0 Å². The lowest BCUT2D eigenvalue weighted by molar-refractivity contribution is 0.280. The van der Waals surface area contributed by atoms with E-state index in [1.807, 2.05) is 48.5 Å². The van der Waals surface area contributed by atoms with E-state index in [0.29, 0.717) is 5.69 Å². The zero-order chi connectivity index (χ0) is 12.3. The van der Waals surface area contributed by atoms with Crippen LogP contribution >= 0.6 is 0 Å². The topological polar surface area (TPSA) is 72.3 Å². The van der Waals surface area contributed by atoms with Crippen molar-refractivity contribution in [2.24, 2.45) is 0 Å². The van der Waals surface area contributed by atoms with Crippen LogP contribution in [0, 0.1) is 0 Å². The highest BCUT2D eigenvalue weighted by atomic mass is 16.3. The predicted molar refractivity (Wildman–Crippen MR) is 70.6 cm³/mol. The van der Waals surface area contributed by atoms with Gasteiger partial charge in [-0.05, 0) is 35.4 Å². The molecule has 0 bridgehead atoms. The Morgan fingerprint density at radius 1 is 0.882 bits per heavy atom. The van der Waals surface area contributed by atoms with E-state index < -0.39 is 0 Å². The number of hydrogen-bond donors (Lipinski definition) is 3. The van der Waals surface area contributed by atoms with Gasteiger partial charge in [0, 0.05) is 17.3 Å². The lowest BCUT2D eigenvalue weighted by Gasteiger charge is -2.15. The van der Waals surface area contributed by atoms with Crippen molar-refractivity contribution in [1.82, 2.24) is 0 Å². The number of aliphatic hydroxyl groups is 1. The first-order valence-corrected chi connectivity index (χ1v) is 5.52. The van der Waals surface area contributed by atoms with Gasteiger partial charge in [-0.3, -0.25) is 0 Å². The van der Waals surface area contributed by atoms with Gasteiger partial charge in [0.2, 0.25) is 0 Å². The molecular weight excluding hydrogens is 212 g/mol. The molecule has 0 radical (unpaired) electrons. The van der Waals surface area contributed by atoms with Crippen molar-refractivity contribution >= 4 is 11.4 Å². The third-order valence-corrected chi connectivity index (χ3v) is 2.83. The second-order valence-corrected chi connectivity index (χ2v) is 4.07. The summed E-state index contributed by atoms with van der Waals surface area (Å²) in [5.74, 6) is -0.0564. The summed E-state index contributed by atoms with van der Waals surface area (Å²) in [4.78, 5) is 0. The van der Waals surface area contributed by atoms with Crippen molar-refractivity contribution < 1.29 is 5.11 Å². The van der Waals surface area contributed by atoms with Crippen LogP contribution in [0.5, 0.6) is 0 Å². The molecule has 0 aliphatic rings. The minimum Gasteiger partial charge on any atom is -0.399 e. The van der Waals surface area contributed by atoms with Gasteiger partial charge in [-0.15, -0.1) is 0 Å². The van der Waals surface area contributed by atoms with Crippen LogP contribution in [0.15, 0.2) is 48.5 Å². The number of hydrogen-bond acceptors (Lipinski definition) is 3. The van der Waals surface area contributed by atoms with Crippen LogP contribution in [0.4, 0.5) is 11.4 Å². The number of benzene rings is 2. The van der Waals surface area contributed by atoms with E-state index in [0.717, 1.165) is 16.8 Å². The Balaban J connectivity index is 2.36. The van der Waals surface area contributed by atoms with Gasteiger partial charge in [0.1, 0.15) is 0 Å². The monoisotopic (exact) mass is 228 g/mol. The molecule has 2 aromatic carbocycles. The molecule has 17 heavy (non-hydrogen) atoms. The summed E-state index contributed by atoms with van der Waals surface area (Å²) in [7, 11) is 0. The summed E-state index contributed by atoms with van der Waals surface area (Å²) >= 11 is 0. The quantitative estimate of drug-likeness (QED) is 0.703. The number of aliphatic hydroxyl groups excluding tert-OH is 1. The van der Waals surface area contributed by atoms with E-state index in [9.17, 15) is 5.11 Å². The smallest absolute Gasteiger partial charge is 0.0540 e. The Labute approximate surface area is 101 Å². The molecule has 0 aliphatic carbocycles. The first-order valence-electron chi connectivity index (χ1n) is 5.52. The van der Waals surface area contributed by atoms with Crippen molar-refractivity contribution in [2.45, 2.75) is 5.92 Å². The lowest BCUT2D eigenvalue weighted by atomic mass is 9.92. The summed E-state index contributed by atoms with van der Waals surface area (Å²) < 4.78 is 0. The van der Waals surface area contributed by atoms with E-state index in [-0.39, 0.29) is 12.5 Å². The fourth-order valence-electron chi connectivity index (χ4n) is 1.91. The average molecular weight is 228 g/mol. The van der Waals surface area contributed by atoms with E-state index in [4.69, 9.17) is 11.5 Å². The van der Waals surface area contributed by atoms with Crippen LogP contribution in [0.1, 0.15) is 17.0 Å². The highest BCUT2D eigenvalue weighted by Crippen LogP contribution is 2.26. The maximum absolute atomic E-state index is 9.52. The molecule has 1 atom stereocenters. The highest BCUT2D eigenvalue weighted by Gasteiger charge is 2.12. The molecule has 0 amide bonds. The molecule has 2 aromatic rings. The van der Waals surface area contributed by atoms with E-state index in [1.54, 1.807) is 0 Å².